The molecular formula is C32H42O3. The van der Waals surface area contributed by atoms with E-state index in [1.807, 2.05) is 25.1 Å². The van der Waals surface area contributed by atoms with Gasteiger partial charge in [-0.25, -0.2) is 0 Å². The number of hydrogen-bond donors (Lipinski definition) is 1. The van der Waals surface area contributed by atoms with Crippen LogP contribution in [0.15, 0.2) is 36.4 Å². The number of ketones is 1. The second-order valence-electron chi connectivity index (χ2n) is 13.3. The van der Waals surface area contributed by atoms with E-state index in [0.717, 1.165) is 53.2 Å². The maximum absolute atomic E-state index is 13.9. The van der Waals surface area contributed by atoms with Crippen molar-refractivity contribution in [2.45, 2.75) is 84.2 Å². The van der Waals surface area contributed by atoms with Gasteiger partial charge < -0.3 is 9.84 Å². The number of methoxy groups -OCH3 is 1. The molecule has 35 heavy (non-hydrogen) atoms. The van der Waals surface area contributed by atoms with Gasteiger partial charge in [0.25, 0.3) is 0 Å². The summed E-state index contributed by atoms with van der Waals surface area (Å²) < 4.78 is 5.37. The summed E-state index contributed by atoms with van der Waals surface area (Å²) in [6, 6.07) is 12.3. The van der Waals surface area contributed by atoms with E-state index in [-0.39, 0.29) is 11.3 Å². The number of carbonyl (C=O) groups is 1. The lowest BCUT2D eigenvalue weighted by molar-refractivity contribution is -0.144. The molecule has 0 amide bonds. The first kappa shape index (κ1) is 23.5. The fourth-order valence-corrected chi connectivity index (χ4v) is 9.57. The molecule has 0 radical (unpaired) electrons. The SMILES string of the molecule is COc1ccc2cc(C(=O)[C@H]3CC[C@H]4[C@@H]5CC[C@H]6C[C@](C)(O)CC[C@]6(C)[C@H]5CC[C@]34C)ccc2c1. The van der Waals surface area contributed by atoms with Gasteiger partial charge in [-0.15, -0.1) is 0 Å². The number of benzene rings is 2. The lowest BCUT2D eigenvalue weighted by Gasteiger charge is -2.61. The number of carbonyl (C=O) groups excluding carboxylic acids is 1. The van der Waals surface area contributed by atoms with Gasteiger partial charge in [-0.05, 0) is 128 Å². The second kappa shape index (κ2) is 8.07. The molecule has 0 saturated heterocycles. The van der Waals surface area contributed by atoms with Crippen molar-refractivity contribution >= 4 is 16.6 Å². The van der Waals surface area contributed by atoms with Crippen molar-refractivity contribution in [2.24, 2.45) is 40.4 Å². The Labute approximate surface area is 210 Å². The summed E-state index contributed by atoms with van der Waals surface area (Å²) in [6.07, 6.45) is 10.3. The number of aliphatic hydroxyl groups is 1. The first-order valence-electron chi connectivity index (χ1n) is 14.0. The number of ether oxygens (including phenoxy) is 1. The highest BCUT2D eigenvalue weighted by atomic mass is 16.5. The van der Waals surface area contributed by atoms with Crippen molar-refractivity contribution in [3.05, 3.63) is 42.0 Å². The van der Waals surface area contributed by atoms with Crippen LogP contribution in [0.5, 0.6) is 5.75 Å². The predicted octanol–water partition coefficient (Wildman–Crippen LogP) is 7.44. The summed E-state index contributed by atoms with van der Waals surface area (Å²) in [7, 11) is 1.69. The molecule has 2 aromatic carbocycles. The van der Waals surface area contributed by atoms with E-state index in [1.54, 1.807) is 7.11 Å². The summed E-state index contributed by atoms with van der Waals surface area (Å²) in [6.45, 7) is 7.05. The first-order valence-corrected chi connectivity index (χ1v) is 14.0. The fourth-order valence-electron chi connectivity index (χ4n) is 9.57. The molecule has 8 atom stereocenters. The molecule has 0 aliphatic heterocycles. The van der Waals surface area contributed by atoms with Crippen LogP contribution in [0.25, 0.3) is 10.8 Å². The zero-order valence-corrected chi connectivity index (χ0v) is 22.0. The van der Waals surface area contributed by atoms with Gasteiger partial charge in [-0.1, -0.05) is 32.0 Å². The van der Waals surface area contributed by atoms with E-state index < -0.39 is 5.60 Å². The molecule has 3 nitrogen and oxygen atoms in total. The highest BCUT2D eigenvalue weighted by Gasteiger charge is 2.61. The fraction of sp³-hybridized carbons (Fsp3) is 0.656. The van der Waals surface area contributed by atoms with Crippen LogP contribution >= 0.6 is 0 Å². The third kappa shape index (κ3) is 3.59. The van der Waals surface area contributed by atoms with Crippen LogP contribution in [0.2, 0.25) is 0 Å². The van der Waals surface area contributed by atoms with Crippen LogP contribution in [0.3, 0.4) is 0 Å². The Morgan fingerprint density at radius 3 is 2.40 bits per heavy atom. The topological polar surface area (TPSA) is 46.5 Å². The molecule has 4 aliphatic carbocycles. The van der Waals surface area contributed by atoms with Crippen LogP contribution in [0.1, 0.15) is 88.9 Å². The molecule has 0 unspecified atom stereocenters. The van der Waals surface area contributed by atoms with E-state index in [9.17, 15) is 9.90 Å². The van der Waals surface area contributed by atoms with Gasteiger partial charge >= 0.3 is 0 Å². The Kier molecular flexibility index (Phi) is 5.42. The number of rotatable bonds is 3. The summed E-state index contributed by atoms with van der Waals surface area (Å²) in [5, 5.41) is 13.0. The highest BCUT2D eigenvalue weighted by Crippen LogP contribution is 2.68. The Morgan fingerprint density at radius 2 is 1.60 bits per heavy atom. The van der Waals surface area contributed by atoms with Crippen LogP contribution in [0.4, 0.5) is 0 Å². The van der Waals surface area contributed by atoms with Gasteiger partial charge in [0.2, 0.25) is 0 Å². The smallest absolute Gasteiger partial charge is 0.166 e. The molecule has 4 fully saturated rings. The average molecular weight is 475 g/mol. The molecule has 6 rings (SSSR count). The molecule has 188 valence electrons. The van der Waals surface area contributed by atoms with Gasteiger partial charge in [0.15, 0.2) is 5.78 Å². The van der Waals surface area contributed by atoms with E-state index in [2.05, 4.69) is 32.0 Å². The van der Waals surface area contributed by atoms with Gasteiger partial charge in [-0.2, -0.15) is 0 Å². The van der Waals surface area contributed by atoms with Crippen molar-refractivity contribution in [1.29, 1.82) is 0 Å². The quantitative estimate of drug-likeness (QED) is 0.470. The van der Waals surface area contributed by atoms with E-state index >= 15 is 0 Å². The summed E-state index contributed by atoms with van der Waals surface area (Å²) in [5.41, 5.74) is 0.891. The Bertz CT molecular complexity index is 1150. The minimum atomic E-state index is -0.476. The Hall–Kier alpha value is -1.87. The van der Waals surface area contributed by atoms with Gasteiger partial charge in [0, 0.05) is 11.5 Å². The van der Waals surface area contributed by atoms with E-state index in [0.29, 0.717) is 23.0 Å². The van der Waals surface area contributed by atoms with Crippen LogP contribution in [-0.2, 0) is 0 Å². The molecule has 0 heterocycles. The molecule has 0 aromatic heterocycles. The maximum Gasteiger partial charge on any atom is 0.166 e. The molecular weight excluding hydrogens is 432 g/mol. The average Bonchev–Trinajstić information content (AvgIpc) is 3.20. The lowest BCUT2D eigenvalue weighted by Crippen LogP contribution is -2.55. The predicted molar refractivity (Wildman–Crippen MR) is 141 cm³/mol. The lowest BCUT2D eigenvalue weighted by atomic mass is 9.44. The van der Waals surface area contributed by atoms with E-state index in [1.165, 1.54) is 38.5 Å². The van der Waals surface area contributed by atoms with Crippen molar-refractivity contribution in [3.63, 3.8) is 0 Å². The molecule has 2 aromatic rings. The molecule has 1 N–H and O–H groups in total. The van der Waals surface area contributed by atoms with Gasteiger partial charge in [0.1, 0.15) is 5.75 Å². The molecule has 3 heteroatoms. The van der Waals surface area contributed by atoms with Crippen molar-refractivity contribution in [1.82, 2.24) is 0 Å². The maximum atomic E-state index is 13.9. The van der Waals surface area contributed by atoms with Crippen molar-refractivity contribution in [2.75, 3.05) is 7.11 Å². The number of fused-ring (bicyclic) bond motifs is 6. The third-order valence-corrected chi connectivity index (χ3v) is 11.6. The monoisotopic (exact) mass is 474 g/mol. The highest BCUT2D eigenvalue weighted by molar-refractivity contribution is 6.02. The zero-order valence-electron chi connectivity index (χ0n) is 22.0. The number of hydrogen-bond acceptors (Lipinski definition) is 3. The van der Waals surface area contributed by atoms with Gasteiger partial charge in [0.05, 0.1) is 12.7 Å². The second-order valence-corrected chi connectivity index (χ2v) is 13.3. The third-order valence-electron chi connectivity index (χ3n) is 11.6. The van der Waals surface area contributed by atoms with E-state index in [4.69, 9.17) is 4.74 Å². The summed E-state index contributed by atoms with van der Waals surface area (Å²) in [4.78, 5) is 13.9. The first-order chi connectivity index (χ1) is 16.6. The van der Waals surface area contributed by atoms with Crippen LogP contribution in [-0.4, -0.2) is 23.6 Å². The Morgan fingerprint density at radius 1 is 0.857 bits per heavy atom. The normalized spacial score (nSPS) is 42.7. The van der Waals surface area contributed by atoms with Crippen molar-refractivity contribution in [3.8, 4) is 5.75 Å². The summed E-state index contributed by atoms with van der Waals surface area (Å²) >= 11 is 0. The standard InChI is InChI=1S/C32H42O3/c1-30(34)15-16-31(2)23(19-30)8-10-25-26-11-12-28(32(26,3)14-13-27(25)31)29(33)22-6-5-21-18-24(35-4)9-7-20(21)17-22/h5-7,9,17-18,23,25-28,34H,8,10-16,19H2,1-4H3/t23-,25-,26-,27-,28+,30+,31-,32-/m0/s1. The molecule has 4 saturated carbocycles. The van der Waals surface area contributed by atoms with Gasteiger partial charge in [-0.3, -0.25) is 4.79 Å². The molecule has 0 spiro atoms. The molecule has 0 bridgehead atoms. The summed E-state index contributed by atoms with van der Waals surface area (Å²) in [5.74, 6) is 4.19. The van der Waals surface area contributed by atoms with Crippen molar-refractivity contribution < 1.29 is 14.6 Å². The zero-order chi connectivity index (χ0) is 24.6. The Balaban J connectivity index is 1.25. The molecule has 4 aliphatic rings. The van der Waals surface area contributed by atoms with Crippen LogP contribution < -0.4 is 4.74 Å². The minimum absolute atomic E-state index is 0.121. The largest absolute Gasteiger partial charge is 0.497 e. The minimum Gasteiger partial charge on any atom is -0.497 e. The number of Topliss-reactive ketones (excluding diaryl/α,β-unsaturated/α-hetero) is 1. The van der Waals surface area contributed by atoms with Crippen LogP contribution in [0, 0.1) is 40.4 Å².